The molecule has 0 rings (SSSR count). The monoisotopic (exact) mass is 262 g/mol. The molecule has 61 valence electrons. The van der Waals surface area contributed by atoms with E-state index in [9.17, 15) is 0 Å². The van der Waals surface area contributed by atoms with Gasteiger partial charge in [-0.1, -0.05) is 0 Å². The first kappa shape index (κ1) is 30.4. The molecule has 0 atom stereocenters. The molecular formula is C6H5ClO3Ru+. The second kappa shape index (κ2) is 658. The van der Waals surface area contributed by atoms with E-state index in [0.29, 0.717) is 0 Å². The summed E-state index contributed by atoms with van der Waals surface area (Å²) < 4.78 is 22.5. The zero-order chi connectivity index (χ0) is 10.7. The van der Waals surface area contributed by atoms with E-state index in [1.54, 1.807) is 0 Å². The van der Waals surface area contributed by atoms with Gasteiger partial charge in [0.15, 0.2) is 0 Å². The fourth-order valence-electron chi connectivity index (χ4n) is 0. The van der Waals surface area contributed by atoms with Crippen LogP contribution in [0.25, 0.3) is 0 Å². The van der Waals surface area contributed by atoms with Crippen LogP contribution in [0.4, 0.5) is 0 Å². The zero-order valence-electron chi connectivity index (χ0n) is 5.45. The van der Waals surface area contributed by atoms with Gasteiger partial charge in [0.2, 0.25) is 0 Å². The fourth-order valence-corrected chi connectivity index (χ4v) is 0. The molecule has 0 aromatic heterocycles. The number of hydrogen-bond donors (Lipinski definition) is 0. The normalized spacial score (nSPS) is 2.73. The van der Waals surface area contributed by atoms with Crippen molar-refractivity contribution in [3.63, 3.8) is 0 Å². The van der Waals surface area contributed by atoms with Crippen molar-refractivity contribution in [3.05, 3.63) is 40.2 Å². The topological polar surface area (TPSA) is 59.7 Å². The summed E-state index contributed by atoms with van der Waals surface area (Å²) in [5.74, 6) is 0. The van der Waals surface area contributed by atoms with Gasteiger partial charge in [-0.05, 0) is 20.3 Å². The van der Waals surface area contributed by atoms with Crippen molar-refractivity contribution in [2.45, 2.75) is 0 Å². The SMILES string of the molecule is [C-]#[O+].[C-]#[O+].[C-]#[O+].[CH2][CH][CH2].[Cl][Ru+]. The molecule has 0 saturated heterocycles. The molecule has 0 aromatic rings. The Morgan fingerprint density at radius 3 is 0.909 bits per heavy atom. The Kier molecular flexibility index (Phi) is 1820. The number of halogens is 1. The molecule has 0 aliphatic heterocycles. The van der Waals surface area contributed by atoms with Gasteiger partial charge in [0.25, 0.3) is 0 Å². The van der Waals surface area contributed by atoms with E-state index in [1.165, 1.54) is 6.42 Å². The van der Waals surface area contributed by atoms with Crippen molar-refractivity contribution >= 4 is 9.69 Å². The summed E-state index contributed by atoms with van der Waals surface area (Å²) in [5.41, 5.74) is 0. The Morgan fingerprint density at radius 1 is 0.909 bits per heavy atom. The first-order valence-corrected chi connectivity index (χ1v) is 3.80. The number of rotatable bonds is 0. The van der Waals surface area contributed by atoms with Crippen LogP contribution in [0.5, 0.6) is 0 Å². The second-order valence-electron chi connectivity index (χ2n) is 0.289. The van der Waals surface area contributed by atoms with Crippen molar-refractivity contribution < 1.29 is 31.3 Å². The van der Waals surface area contributed by atoms with E-state index in [1.807, 2.05) is 17.3 Å². The Hall–Kier alpha value is 0.133. The summed E-state index contributed by atoms with van der Waals surface area (Å²) in [5, 5.41) is 0. The van der Waals surface area contributed by atoms with Crippen LogP contribution < -0.4 is 0 Å². The van der Waals surface area contributed by atoms with Gasteiger partial charge in [0.05, 0.1) is 0 Å². The van der Waals surface area contributed by atoms with E-state index >= 15 is 0 Å². The van der Waals surface area contributed by atoms with Crippen LogP contribution in [0, 0.1) is 40.2 Å². The molecule has 0 heterocycles. The average molecular weight is 262 g/mol. The van der Waals surface area contributed by atoms with Crippen LogP contribution in [0.3, 0.4) is 0 Å². The maximum atomic E-state index is 7.50. The van der Waals surface area contributed by atoms with Crippen molar-refractivity contribution in [2.24, 2.45) is 0 Å². The molecule has 11 heavy (non-hydrogen) atoms. The molecule has 0 aliphatic carbocycles. The van der Waals surface area contributed by atoms with Crippen LogP contribution in [-0.2, 0) is 31.3 Å². The standard InChI is InChI=1S/C3H5.3CO.ClH.Ru/c1-3-2;3*1-2;;/h3H,1-2H2;;;;1H;/q;;;;;+2/p-1. The third-order valence-electron chi connectivity index (χ3n) is 0. The maximum absolute atomic E-state index is 7.50. The van der Waals surface area contributed by atoms with Crippen LogP contribution in [0.2, 0.25) is 0 Å². The van der Waals surface area contributed by atoms with E-state index in [4.69, 9.17) is 14.0 Å². The van der Waals surface area contributed by atoms with Gasteiger partial charge in [-0.25, -0.2) is 0 Å². The van der Waals surface area contributed by atoms with Gasteiger partial charge >= 0.3 is 60.9 Å². The molecule has 0 bridgehead atoms. The molecule has 0 amide bonds. The Morgan fingerprint density at radius 2 is 0.909 bits per heavy atom. The molecule has 0 spiro atoms. The van der Waals surface area contributed by atoms with Gasteiger partial charge in [-0.2, -0.15) is 0 Å². The summed E-state index contributed by atoms with van der Waals surface area (Å²) >= 11 is 1.82. The van der Waals surface area contributed by atoms with Crippen LogP contribution >= 0.6 is 9.69 Å². The third kappa shape index (κ3) is 37700. The minimum atomic E-state index is 1.50. The molecule has 0 N–H and O–H groups in total. The summed E-state index contributed by atoms with van der Waals surface area (Å²) in [6, 6.07) is 0. The molecule has 0 aliphatic rings. The quantitative estimate of drug-likeness (QED) is 0.360. The summed E-state index contributed by atoms with van der Waals surface area (Å²) in [4.78, 5) is 0. The van der Waals surface area contributed by atoms with E-state index in [-0.39, 0.29) is 0 Å². The third-order valence-corrected chi connectivity index (χ3v) is 0. The van der Waals surface area contributed by atoms with Crippen LogP contribution in [0.15, 0.2) is 0 Å². The number of hydrogen-bond acceptors (Lipinski definition) is 0. The molecule has 3 radical (unpaired) electrons. The Balaban J connectivity index is -0.0000000139. The summed E-state index contributed by atoms with van der Waals surface area (Å²) in [6.45, 7) is 20.0. The van der Waals surface area contributed by atoms with E-state index in [0.717, 1.165) is 0 Å². The first-order valence-electron chi connectivity index (χ1n) is 1.56. The molecule has 0 unspecified atom stereocenters. The Bertz CT molecular complexity index is 55.7. The molecule has 5 heteroatoms. The van der Waals surface area contributed by atoms with Crippen LogP contribution in [0.1, 0.15) is 0 Å². The Labute approximate surface area is 81.4 Å². The predicted octanol–water partition coefficient (Wildman–Crippen LogP) is 1.43. The zero-order valence-corrected chi connectivity index (χ0v) is 7.94. The molecule has 0 aromatic carbocycles. The molecule has 0 saturated carbocycles. The van der Waals surface area contributed by atoms with Crippen molar-refractivity contribution in [1.29, 1.82) is 0 Å². The first-order chi connectivity index (χ1) is 5.41. The molecule has 0 fully saturated rings. The van der Waals surface area contributed by atoms with E-state index in [2.05, 4.69) is 43.5 Å². The van der Waals surface area contributed by atoms with E-state index < -0.39 is 0 Å². The molecular weight excluding hydrogens is 257 g/mol. The van der Waals surface area contributed by atoms with Gasteiger partial charge in [-0.3, -0.25) is 0 Å². The van der Waals surface area contributed by atoms with Gasteiger partial charge < -0.3 is 0 Å². The van der Waals surface area contributed by atoms with Gasteiger partial charge in [-0.15, -0.1) is 0 Å². The van der Waals surface area contributed by atoms with Crippen LogP contribution in [-0.4, -0.2) is 0 Å². The second-order valence-corrected chi connectivity index (χ2v) is 0.289. The summed E-state index contributed by atoms with van der Waals surface area (Å²) in [6.07, 6.45) is 1.50. The van der Waals surface area contributed by atoms with Crippen molar-refractivity contribution in [3.8, 4) is 0 Å². The molecule has 3 nitrogen and oxygen atoms in total. The van der Waals surface area contributed by atoms with Gasteiger partial charge in [0, 0.05) is 0 Å². The fraction of sp³-hybridized carbons (Fsp3) is 0. The van der Waals surface area contributed by atoms with Crippen molar-refractivity contribution in [1.82, 2.24) is 0 Å². The predicted molar refractivity (Wildman–Crippen MR) is 32.7 cm³/mol. The average Bonchev–Trinajstić information content (AvgIpc) is 2.18. The van der Waals surface area contributed by atoms with Crippen molar-refractivity contribution in [2.75, 3.05) is 0 Å². The van der Waals surface area contributed by atoms with Gasteiger partial charge in [0.1, 0.15) is 0 Å². The minimum absolute atomic E-state index is 1.50. The summed E-state index contributed by atoms with van der Waals surface area (Å²) in [7, 11) is 4.57.